The smallest absolute Gasteiger partial charge is 0.373 e. The standard InChI is InChI=1S/C29H36F4N4O3S/c1-21(28(34-2)35-18-16-27(38)36-25-6-4-3-5-7-25)17-19-37(41(39,40)26-14-12-24(30)13-15-26)20-22-8-10-23(11-9-22)29(31,32)33/h8-15,25H,1,3-7,16-20H2,2H3,(H,34,35)(H,36,38). The van der Waals surface area contributed by atoms with E-state index in [1.807, 2.05) is 0 Å². The molecule has 7 nitrogen and oxygen atoms in total. The van der Waals surface area contributed by atoms with E-state index in [4.69, 9.17) is 0 Å². The van der Waals surface area contributed by atoms with Gasteiger partial charge in [0.1, 0.15) is 11.7 Å². The average molecular weight is 597 g/mol. The van der Waals surface area contributed by atoms with Crippen molar-refractivity contribution in [1.82, 2.24) is 14.9 Å². The molecule has 12 heteroatoms. The maximum absolute atomic E-state index is 13.5. The number of hydrogen-bond donors (Lipinski definition) is 2. The van der Waals surface area contributed by atoms with Crippen LogP contribution < -0.4 is 10.6 Å². The third-order valence-electron chi connectivity index (χ3n) is 6.91. The van der Waals surface area contributed by atoms with Crippen LogP contribution in [0.25, 0.3) is 0 Å². The monoisotopic (exact) mass is 596 g/mol. The van der Waals surface area contributed by atoms with E-state index < -0.39 is 27.6 Å². The summed E-state index contributed by atoms with van der Waals surface area (Å²) < 4.78 is 80.4. The van der Waals surface area contributed by atoms with Crippen LogP contribution in [-0.2, 0) is 27.5 Å². The van der Waals surface area contributed by atoms with Gasteiger partial charge in [0, 0.05) is 32.6 Å². The van der Waals surface area contributed by atoms with Gasteiger partial charge in [0.25, 0.3) is 0 Å². The minimum atomic E-state index is -4.52. The molecule has 2 N–H and O–H groups in total. The highest BCUT2D eigenvalue weighted by Crippen LogP contribution is 2.29. The fraction of sp³-hybridized carbons (Fsp3) is 0.448. The van der Waals surface area contributed by atoms with Crippen molar-refractivity contribution in [3.8, 4) is 0 Å². The van der Waals surface area contributed by atoms with Crippen molar-refractivity contribution < 1.29 is 30.8 Å². The predicted octanol–water partition coefficient (Wildman–Crippen LogP) is 5.44. The van der Waals surface area contributed by atoms with Crippen molar-refractivity contribution in [3.05, 3.63) is 77.6 Å². The lowest BCUT2D eigenvalue weighted by molar-refractivity contribution is -0.137. The van der Waals surface area contributed by atoms with Crippen LogP contribution in [0.4, 0.5) is 17.6 Å². The molecule has 0 aliphatic heterocycles. The molecule has 0 bridgehead atoms. The average Bonchev–Trinajstić information content (AvgIpc) is 2.93. The number of amides is 1. The SMILES string of the molecule is C=C(CCN(Cc1ccc(C(F)(F)F)cc1)S(=O)(=O)c1ccc(F)cc1)/C(=N/CCC(=O)NC1CCCCC1)NC. The summed E-state index contributed by atoms with van der Waals surface area (Å²) in [6.45, 7) is 3.95. The maximum atomic E-state index is 13.5. The number of carbonyl (C=O) groups excluding carboxylic acids is 1. The second kappa shape index (κ2) is 14.6. The van der Waals surface area contributed by atoms with Crippen molar-refractivity contribution >= 4 is 21.8 Å². The Morgan fingerprint density at radius 1 is 1.02 bits per heavy atom. The summed E-state index contributed by atoms with van der Waals surface area (Å²) in [6.07, 6.45) is 1.21. The summed E-state index contributed by atoms with van der Waals surface area (Å²) in [6, 6.07) is 8.78. The second-order valence-electron chi connectivity index (χ2n) is 9.97. The van der Waals surface area contributed by atoms with Crippen LogP contribution >= 0.6 is 0 Å². The Balaban J connectivity index is 1.69. The fourth-order valence-corrected chi connectivity index (χ4v) is 6.03. The zero-order chi connectivity index (χ0) is 30.0. The normalized spacial score (nSPS) is 15.1. The highest BCUT2D eigenvalue weighted by Gasteiger charge is 2.30. The lowest BCUT2D eigenvalue weighted by atomic mass is 9.95. The molecule has 0 saturated heterocycles. The van der Waals surface area contributed by atoms with Gasteiger partial charge in [0.15, 0.2) is 0 Å². The number of carbonyl (C=O) groups is 1. The molecule has 0 spiro atoms. The van der Waals surface area contributed by atoms with Crippen LogP contribution in [0, 0.1) is 5.82 Å². The van der Waals surface area contributed by atoms with E-state index in [2.05, 4.69) is 22.2 Å². The summed E-state index contributed by atoms with van der Waals surface area (Å²) in [5, 5.41) is 5.97. The van der Waals surface area contributed by atoms with E-state index in [-0.39, 0.29) is 49.3 Å². The van der Waals surface area contributed by atoms with Gasteiger partial charge in [-0.15, -0.1) is 0 Å². The summed E-state index contributed by atoms with van der Waals surface area (Å²) >= 11 is 0. The van der Waals surface area contributed by atoms with Gasteiger partial charge in [-0.25, -0.2) is 12.8 Å². The number of rotatable bonds is 12. The first-order valence-corrected chi connectivity index (χ1v) is 15.0. The number of likely N-dealkylation sites (N-methyl/N-ethyl adjacent to an activating group) is 1. The fourth-order valence-electron chi connectivity index (χ4n) is 4.60. The number of sulfonamides is 1. The number of halogens is 4. The molecule has 1 saturated carbocycles. The van der Waals surface area contributed by atoms with Crippen LogP contribution in [0.2, 0.25) is 0 Å². The maximum Gasteiger partial charge on any atom is 0.416 e. The Labute approximate surface area is 238 Å². The lowest BCUT2D eigenvalue weighted by Gasteiger charge is -2.23. The van der Waals surface area contributed by atoms with Crippen LogP contribution in [0.5, 0.6) is 0 Å². The van der Waals surface area contributed by atoms with E-state index in [0.717, 1.165) is 66.4 Å². The largest absolute Gasteiger partial charge is 0.416 e. The molecule has 224 valence electrons. The number of aliphatic imine (C=N–C) groups is 1. The third kappa shape index (κ3) is 9.67. The summed E-state index contributed by atoms with van der Waals surface area (Å²) in [7, 11) is -2.49. The van der Waals surface area contributed by atoms with E-state index in [1.165, 1.54) is 18.6 Å². The van der Waals surface area contributed by atoms with E-state index in [0.29, 0.717) is 17.0 Å². The summed E-state index contributed by atoms with van der Waals surface area (Å²) in [5.74, 6) is -0.257. The van der Waals surface area contributed by atoms with E-state index in [1.54, 1.807) is 7.05 Å². The van der Waals surface area contributed by atoms with Crippen LogP contribution in [-0.4, -0.2) is 50.6 Å². The third-order valence-corrected chi connectivity index (χ3v) is 8.76. The van der Waals surface area contributed by atoms with Gasteiger partial charge >= 0.3 is 6.18 Å². The second-order valence-corrected chi connectivity index (χ2v) is 11.9. The van der Waals surface area contributed by atoms with Crippen LogP contribution in [0.1, 0.15) is 56.1 Å². The topological polar surface area (TPSA) is 90.9 Å². The lowest BCUT2D eigenvalue weighted by Crippen LogP contribution is -2.36. The van der Waals surface area contributed by atoms with Gasteiger partial charge in [-0.05, 0) is 66.8 Å². The molecule has 0 aromatic heterocycles. The van der Waals surface area contributed by atoms with Crippen molar-refractivity contribution in [2.75, 3.05) is 20.1 Å². The van der Waals surface area contributed by atoms with Crippen molar-refractivity contribution in [3.63, 3.8) is 0 Å². The number of nitrogens with zero attached hydrogens (tertiary/aromatic N) is 2. The van der Waals surface area contributed by atoms with Gasteiger partial charge in [0.05, 0.1) is 17.0 Å². The molecule has 0 radical (unpaired) electrons. The molecule has 1 fully saturated rings. The van der Waals surface area contributed by atoms with Gasteiger partial charge in [-0.2, -0.15) is 17.5 Å². The number of hydrogen-bond acceptors (Lipinski definition) is 4. The van der Waals surface area contributed by atoms with E-state index >= 15 is 0 Å². The van der Waals surface area contributed by atoms with Crippen LogP contribution in [0.15, 0.2) is 70.6 Å². The Hall–Kier alpha value is -3.25. The molecule has 2 aromatic rings. The van der Waals surface area contributed by atoms with Crippen LogP contribution in [0.3, 0.4) is 0 Å². The summed E-state index contributed by atoms with van der Waals surface area (Å²) in [5.41, 5.74) is -0.00226. The molecule has 2 aromatic carbocycles. The molecule has 1 aliphatic rings. The molecule has 3 rings (SSSR count). The number of benzene rings is 2. The molecule has 1 aliphatic carbocycles. The predicted molar refractivity (Wildman–Crippen MR) is 150 cm³/mol. The van der Waals surface area contributed by atoms with Crippen molar-refractivity contribution in [2.24, 2.45) is 4.99 Å². The van der Waals surface area contributed by atoms with E-state index in [9.17, 15) is 30.8 Å². The highest BCUT2D eigenvalue weighted by atomic mass is 32.2. The Kier molecular flexibility index (Phi) is 11.5. The Bertz CT molecular complexity index is 1310. The van der Waals surface area contributed by atoms with Gasteiger partial charge < -0.3 is 10.6 Å². The summed E-state index contributed by atoms with van der Waals surface area (Å²) in [4.78, 5) is 16.6. The Morgan fingerprint density at radius 3 is 2.24 bits per heavy atom. The minimum Gasteiger partial charge on any atom is -0.373 e. The molecule has 1 amide bonds. The first kappa shape index (κ1) is 32.3. The molecular formula is C29H36F4N4O3S. The first-order chi connectivity index (χ1) is 19.4. The van der Waals surface area contributed by atoms with Gasteiger partial charge in [-0.1, -0.05) is 38.0 Å². The first-order valence-electron chi connectivity index (χ1n) is 13.5. The van der Waals surface area contributed by atoms with Crippen molar-refractivity contribution in [1.29, 1.82) is 0 Å². The number of nitrogens with one attached hydrogen (secondary N) is 2. The highest BCUT2D eigenvalue weighted by molar-refractivity contribution is 7.89. The minimum absolute atomic E-state index is 0.0670. The van der Waals surface area contributed by atoms with Gasteiger partial charge in [-0.3, -0.25) is 9.79 Å². The van der Waals surface area contributed by atoms with Crippen molar-refractivity contribution in [2.45, 2.75) is 68.6 Å². The Morgan fingerprint density at radius 2 is 1.66 bits per heavy atom. The molecule has 41 heavy (non-hydrogen) atoms. The molecule has 0 atom stereocenters. The number of alkyl halides is 3. The zero-order valence-electron chi connectivity index (χ0n) is 23.0. The number of amidine groups is 1. The van der Waals surface area contributed by atoms with Gasteiger partial charge in [0.2, 0.25) is 15.9 Å². The quantitative estimate of drug-likeness (QED) is 0.194. The molecular weight excluding hydrogens is 560 g/mol. The molecule has 0 heterocycles. The molecule has 0 unspecified atom stereocenters. The zero-order valence-corrected chi connectivity index (χ0v) is 23.8.